The highest BCUT2D eigenvalue weighted by Gasteiger charge is 2.15. The maximum Gasteiger partial charge on any atom is 0.247 e. The first kappa shape index (κ1) is 12.1. The van der Waals surface area contributed by atoms with Gasteiger partial charge < -0.3 is 16.2 Å². The number of hydrogen-bond acceptors (Lipinski definition) is 5. The zero-order valence-electron chi connectivity index (χ0n) is 8.73. The number of carbonyl (C=O) groups excluding carboxylic acids is 1. The zero-order chi connectivity index (χ0) is 11.4. The van der Waals surface area contributed by atoms with E-state index in [-0.39, 0.29) is 12.6 Å². The summed E-state index contributed by atoms with van der Waals surface area (Å²) >= 11 is 1.55. The van der Waals surface area contributed by atoms with Crippen molar-refractivity contribution in [3.63, 3.8) is 0 Å². The number of thiazole rings is 1. The number of aryl methyl sites for hydroxylation is 1. The van der Waals surface area contributed by atoms with Crippen molar-refractivity contribution < 1.29 is 9.90 Å². The Hall–Kier alpha value is -0.980. The van der Waals surface area contributed by atoms with Crippen LogP contribution in [0.15, 0.2) is 5.51 Å². The Morgan fingerprint density at radius 3 is 2.93 bits per heavy atom. The lowest BCUT2D eigenvalue weighted by Crippen LogP contribution is -2.38. The topological polar surface area (TPSA) is 88.2 Å². The van der Waals surface area contributed by atoms with E-state index >= 15 is 0 Å². The molecule has 1 aromatic heterocycles. The number of aromatic nitrogens is 1. The number of aliphatic hydroxyl groups excluding tert-OH is 1. The van der Waals surface area contributed by atoms with E-state index in [1.165, 1.54) is 0 Å². The molecule has 0 aromatic carbocycles. The van der Waals surface area contributed by atoms with Crippen LogP contribution >= 0.6 is 11.3 Å². The fourth-order valence-electron chi connectivity index (χ4n) is 1.21. The van der Waals surface area contributed by atoms with Crippen LogP contribution < -0.4 is 11.1 Å². The molecule has 0 spiro atoms. The minimum Gasteiger partial charge on any atom is -0.382 e. The summed E-state index contributed by atoms with van der Waals surface area (Å²) in [5.74, 6) is -0.712. The highest BCUT2D eigenvalue weighted by Crippen LogP contribution is 2.20. The van der Waals surface area contributed by atoms with Gasteiger partial charge in [-0.15, -0.1) is 11.3 Å². The van der Waals surface area contributed by atoms with E-state index in [0.29, 0.717) is 0 Å². The van der Waals surface area contributed by atoms with Crippen LogP contribution in [0.3, 0.4) is 0 Å². The number of hydrogen-bond donors (Lipinski definition) is 3. The van der Waals surface area contributed by atoms with E-state index in [1.807, 2.05) is 13.8 Å². The number of nitrogens with two attached hydrogens (primary N) is 1. The highest BCUT2D eigenvalue weighted by atomic mass is 32.1. The summed E-state index contributed by atoms with van der Waals surface area (Å²) in [5, 5.41) is 12.2. The van der Waals surface area contributed by atoms with E-state index in [2.05, 4.69) is 10.3 Å². The summed E-state index contributed by atoms with van der Waals surface area (Å²) < 4.78 is 0. The second-order valence-electron chi connectivity index (χ2n) is 3.35. The summed E-state index contributed by atoms with van der Waals surface area (Å²) in [4.78, 5) is 15.8. The quantitative estimate of drug-likeness (QED) is 0.660. The van der Waals surface area contributed by atoms with Crippen LogP contribution in [0.5, 0.6) is 0 Å². The van der Waals surface area contributed by atoms with E-state index in [1.54, 1.807) is 16.8 Å². The van der Waals surface area contributed by atoms with Crippen LogP contribution in [0.2, 0.25) is 0 Å². The van der Waals surface area contributed by atoms with Gasteiger partial charge in [0.2, 0.25) is 5.91 Å². The largest absolute Gasteiger partial charge is 0.382 e. The van der Waals surface area contributed by atoms with E-state index in [0.717, 1.165) is 10.6 Å². The average molecular weight is 229 g/mol. The average Bonchev–Trinajstić information content (AvgIpc) is 2.60. The predicted octanol–water partition coefficient (Wildman–Crippen LogP) is -0.0517. The molecule has 2 unspecified atom stereocenters. The first-order valence-electron chi connectivity index (χ1n) is 4.63. The molecule has 4 N–H and O–H groups in total. The molecule has 0 saturated carbocycles. The van der Waals surface area contributed by atoms with Crippen molar-refractivity contribution in [1.29, 1.82) is 0 Å². The normalized spacial score (nSPS) is 14.9. The third-order valence-electron chi connectivity index (χ3n) is 2.12. The third-order valence-corrected chi connectivity index (χ3v) is 3.24. The fraction of sp³-hybridized carbons (Fsp3) is 0.556. The number of primary amides is 1. The Morgan fingerprint density at radius 2 is 2.47 bits per heavy atom. The Morgan fingerprint density at radius 1 is 1.80 bits per heavy atom. The molecule has 84 valence electrons. The molecule has 1 heterocycles. The Bertz CT molecular complexity index is 340. The Balaban J connectivity index is 2.47. The van der Waals surface area contributed by atoms with E-state index < -0.39 is 12.0 Å². The van der Waals surface area contributed by atoms with Gasteiger partial charge in [-0.25, -0.2) is 4.98 Å². The van der Waals surface area contributed by atoms with Gasteiger partial charge in [0.1, 0.15) is 6.10 Å². The molecule has 0 saturated heterocycles. The maximum atomic E-state index is 10.6. The predicted molar refractivity (Wildman–Crippen MR) is 58.5 cm³/mol. The van der Waals surface area contributed by atoms with Crippen molar-refractivity contribution in [2.45, 2.75) is 26.0 Å². The van der Waals surface area contributed by atoms with Gasteiger partial charge in [0.05, 0.1) is 11.2 Å². The molecule has 15 heavy (non-hydrogen) atoms. The van der Waals surface area contributed by atoms with E-state index in [4.69, 9.17) is 5.73 Å². The molecule has 1 amide bonds. The van der Waals surface area contributed by atoms with Gasteiger partial charge >= 0.3 is 0 Å². The summed E-state index contributed by atoms with van der Waals surface area (Å²) in [6.45, 7) is 4.04. The van der Waals surface area contributed by atoms with Crippen molar-refractivity contribution in [3.8, 4) is 0 Å². The molecule has 2 atom stereocenters. The number of nitrogens with one attached hydrogen (secondary N) is 1. The molecule has 1 aromatic rings. The lowest BCUT2D eigenvalue weighted by Gasteiger charge is -2.14. The standard InChI is InChI=1S/C9H15N3O2S/c1-5(8-6(2)12-4-15-8)11-3-7(13)9(10)14/h4-5,7,11,13H,3H2,1-2H3,(H2,10,14). The molecule has 0 radical (unpaired) electrons. The molecule has 0 bridgehead atoms. The van der Waals surface area contributed by atoms with Crippen molar-refractivity contribution in [3.05, 3.63) is 16.1 Å². The highest BCUT2D eigenvalue weighted by molar-refractivity contribution is 7.09. The summed E-state index contributed by atoms with van der Waals surface area (Å²) in [7, 11) is 0. The molecule has 0 aliphatic rings. The van der Waals surface area contributed by atoms with Crippen LogP contribution in [0.1, 0.15) is 23.5 Å². The number of rotatable bonds is 5. The zero-order valence-corrected chi connectivity index (χ0v) is 9.54. The number of amides is 1. The SMILES string of the molecule is Cc1ncsc1C(C)NCC(O)C(N)=O. The van der Waals surface area contributed by atoms with Crippen molar-refractivity contribution in [1.82, 2.24) is 10.3 Å². The second-order valence-corrected chi connectivity index (χ2v) is 4.24. The first-order chi connectivity index (χ1) is 7.02. The summed E-state index contributed by atoms with van der Waals surface area (Å²) in [5.41, 5.74) is 7.67. The van der Waals surface area contributed by atoms with Gasteiger partial charge in [-0.2, -0.15) is 0 Å². The third kappa shape index (κ3) is 3.26. The van der Waals surface area contributed by atoms with Crippen LogP contribution in [-0.4, -0.2) is 28.6 Å². The van der Waals surface area contributed by atoms with Gasteiger partial charge in [-0.05, 0) is 13.8 Å². The van der Waals surface area contributed by atoms with Gasteiger partial charge in [-0.3, -0.25) is 4.79 Å². The minimum absolute atomic E-state index is 0.0616. The lowest BCUT2D eigenvalue weighted by atomic mass is 10.2. The van der Waals surface area contributed by atoms with Gasteiger partial charge in [0, 0.05) is 17.5 Å². The Labute approximate surface area is 92.3 Å². The van der Waals surface area contributed by atoms with Crippen LogP contribution in [-0.2, 0) is 4.79 Å². The Kier molecular flexibility index (Phi) is 4.19. The molecule has 0 aliphatic heterocycles. The maximum absolute atomic E-state index is 10.6. The van der Waals surface area contributed by atoms with Crippen molar-refractivity contribution in [2.24, 2.45) is 5.73 Å². The van der Waals surface area contributed by atoms with Crippen LogP contribution in [0.25, 0.3) is 0 Å². The molecule has 1 rings (SSSR count). The molecular weight excluding hydrogens is 214 g/mol. The molecule has 5 nitrogen and oxygen atoms in total. The van der Waals surface area contributed by atoms with Gasteiger partial charge in [0.15, 0.2) is 0 Å². The van der Waals surface area contributed by atoms with Gasteiger partial charge in [-0.1, -0.05) is 0 Å². The summed E-state index contributed by atoms with van der Waals surface area (Å²) in [6.07, 6.45) is -1.14. The van der Waals surface area contributed by atoms with Gasteiger partial charge in [0.25, 0.3) is 0 Å². The molecule has 0 aliphatic carbocycles. The number of carbonyl (C=O) groups is 1. The molecule has 0 fully saturated rings. The molecular formula is C9H15N3O2S. The van der Waals surface area contributed by atoms with Crippen molar-refractivity contribution in [2.75, 3.05) is 6.54 Å². The fourth-order valence-corrected chi connectivity index (χ4v) is 2.04. The van der Waals surface area contributed by atoms with E-state index in [9.17, 15) is 9.90 Å². The smallest absolute Gasteiger partial charge is 0.247 e. The first-order valence-corrected chi connectivity index (χ1v) is 5.51. The second kappa shape index (κ2) is 5.20. The van der Waals surface area contributed by atoms with Crippen LogP contribution in [0.4, 0.5) is 0 Å². The minimum atomic E-state index is -1.14. The summed E-state index contributed by atoms with van der Waals surface area (Å²) in [6, 6.07) is 0.0616. The number of nitrogens with zero attached hydrogens (tertiary/aromatic N) is 1. The monoisotopic (exact) mass is 229 g/mol. The van der Waals surface area contributed by atoms with Crippen molar-refractivity contribution >= 4 is 17.2 Å². The molecule has 6 heteroatoms. The number of aliphatic hydroxyl groups is 1. The van der Waals surface area contributed by atoms with Crippen LogP contribution in [0, 0.1) is 6.92 Å². The lowest BCUT2D eigenvalue weighted by molar-refractivity contribution is -0.125.